The summed E-state index contributed by atoms with van der Waals surface area (Å²) < 4.78 is 0. The molecular formula is C19H27N3O. The minimum Gasteiger partial charge on any atom is -0.311 e. The number of nitrogens with zero attached hydrogens (tertiary/aromatic N) is 3. The molecule has 0 bridgehead atoms. The Morgan fingerprint density at radius 3 is 2.87 bits per heavy atom. The summed E-state index contributed by atoms with van der Waals surface area (Å²) in [5.74, 6) is 0.281. The Morgan fingerprint density at radius 1 is 1.04 bits per heavy atom. The number of hydrogen-bond acceptors (Lipinski definition) is 3. The van der Waals surface area contributed by atoms with Gasteiger partial charge >= 0.3 is 0 Å². The highest BCUT2D eigenvalue weighted by molar-refractivity contribution is 5.95. The fourth-order valence-corrected chi connectivity index (χ4v) is 4.50. The first-order valence-electron chi connectivity index (χ1n) is 9.16. The molecule has 0 spiro atoms. The highest BCUT2D eigenvalue weighted by Gasteiger charge is 2.30. The van der Waals surface area contributed by atoms with Gasteiger partial charge in [0.2, 0.25) is 5.91 Å². The third-order valence-electron chi connectivity index (χ3n) is 5.66. The number of amides is 1. The van der Waals surface area contributed by atoms with Crippen molar-refractivity contribution in [3.8, 4) is 0 Å². The van der Waals surface area contributed by atoms with Crippen molar-refractivity contribution >= 4 is 11.6 Å². The van der Waals surface area contributed by atoms with E-state index in [1.807, 2.05) is 11.0 Å². The van der Waals surface area contributed by atoms with Gasteiger partial charge in [0, 0.05) is 24.8 Å². The lowest BCUT2D eigenvalue weighted by Crippen LogP contribution is -2.45. The summed E-state index contributed by atoms with van der Waals surface area (Å²) in [6.07, 6.45) is 6.00. The van der Waals surface area contributed by atoms with E-state index < -0.39 is 0 Å². The number of carbonyl (C=O) groups excluding carboxylic acids is 1. The van der Waals surface area contributed by atoms with Gasteiger partial charge in [-0.05, 0) is 63.4 Å². The van der Waals surface area contributed by atoms with Crippen LogP contribution in [0.4, 0.5) is 5.69 Å². The van der Waals surface area contributed by atoms with Gasteiger partial charge in [-0.15, -0.1) is 0 Å². The van der Waals surface area contributed by atoms with Crippen LogP contribution < -0.4 is 4.90 Å². The number of fused-ring (bicyclic) bond motifs is 2. The Bertz CT molecular complexity index is 573. The minimum absolute atomic E-state index is 0.281. The van der Waals surface area contributed by atoms with Crippen LogP contribution in [0.15, 0.2) is 24.3 Å². The lowest BCUT2D eigenvalue weighted by Gasteiger charge is -2.32. The second-order valence-electron chi connectivity index (χ2n) is 7.20. The fraction of sp³-hybridized carbons (Fsp3) is 0.632. The molecule has 4 rings (SSSR count). The molecule has 2 saturated heterocycles. The number of hydrogen-bond donors (Lipinski definition) is 0. The lowest BCUT2D eigenvalue weighted by atomic mass is 10.0. The number of carbonyl (C=O) groups is 1. The zero-order valence-electron chi connectivity index (χ0n) is 13.9. The van der Waals surface area contributed by atoms with Crippen molar-refractivity contribution in [2.75, 3.05) is 44.2 Å². The average Bonchev–Trinajstić information content (AvgIpc) is 2.93. The zero-order valence-corrected chi connectivity index (χ0v) is 13.9. The smallest absolute Gasteiger partial charge is 0.241 e. The topological polar surface area (TPSA) is 26.8 Å². The van der Waals surface area contributed by atoms with Crippen molar-refractivity contribution in [3.63, 3.8) is 0 Å². The van der Waals surface area contributed by atoms with Crippen molar-refractivity contribution in [1.82, 2.24) is 9.80 Å². The Labute approximate surface area is 139 Å². The third kappa shape index (κ3) is 3.15. The monoisotopic (exact) mass is 313 g/mol. The highest BCUT2D eigenvalue weighted by Crippen LogP contribution is 2.27. The van der Waals surface area contributed by atoms with Crippen LogP contribution in [0.3, 0.4) is 0 Å². The molecule has 1 aromatic rings. The van der Waals surface area contributed by atoms with Crippen molar-refractivity contribution in [2.24, 2.45) is 0 Å². The van der Waals surface area contributed by atoms with Crippen molar-refractivity contribution in [3.05, 3.63) is 29.8 Å². The Balaban J connectivity index is 1.44. The van der Waals surface area contributed by atoms with Crippen LogP contribution in [0.25, 0.3) is 0 Å². The third-order valence-corrected chi connectivity index (χ3v) is 5.66. The Kier molecular flexibility index (Phi) is 4.36. The molecule has 1 atom stereocenters. The standard InChI is InChI=1S/C19H27N3O/c23-19(22-13-3-7-16-6-1-2-9-18(16)22)15-20-10-5-12-21-11-4-8-17(21)14-20/h1-2,6,9,17H,3-5,7-8,10-15H2/t17-/m1/s1. The van der Waals surface area contributed by atoms with E-state index in [1.54, 1.807) is 0 Å². The molecule has 0 aliphatic carbocycles. The van der Waals surface area contributed by atoms with Crippen LogP contribution >= 0.6 is 0 Å². The summed E-state index contributed by atoms with van der Waals surface area (Å²) >= 11 is 0. The van der Waals surface area contributed by atoms with E-state index in [0.29, 0.717) is 12.6 Å². The predicted octanol–water partition coefficient (Wildman–Crippen LogP) is 2.14. The molecule has 4 heteroatoms. The molecule has 23 heavy (non-hydrogen) atoms. The largest absolute Gasteiger partial charge is 0.311 e. The van der Waals surface area contributed by atoms with Crippen LogP contribution in [0, 0.1) is 0 Å². The van der Waals surface area contributed by atoms with E-state index in [1.165, 1.54) is 37.9 Å². The van der Waals surface area contributed by atoms with E-state index >= 15 is 0 Å². The first-order chi connectivity index (χ1) is 11.3. The highest BCUT2D eigenvalue weighted by atomic mass is 16.2. The van der Waals surface area contributed by atoms with Gasteiger partial charge < -0.3 is 4.90 Å². The number of anilines is 1. The Morgan fingerprint density at radius 2 is 1.91 bits per heavy atom. The van der Waals surface area contributed by atoms with Crippen LogP contribution in [0.5, 0.6) is 0 Å². The molecule has 0 radical (unpaired) electrons. The van der Waals surface area contributed by atoms with Crippen LogP contribution in [0.2, 0.25) is 0 Å². The maximum Gasteiger partial charge on any atom is 0.241 e. The molecule has 0 unspecified atom stereocenters. The van der Waals surface area contributed by atoms with E-state index in [4.69, 9.17) is 0 Å². The molecule has 2 fully saturated rings. The maximum atomic E-state index is 12.9. The van der Waals surface area contributed by atoms with Gasteiger partial charge in [-0.2, -0.15) is 0 Å². The molecule has 3 heterocycles. The van der Waals surface area contributed by atoms with Gasteiger partial charge in [-0.1, -0.05) is 18.2 Å². The van der Waals surface area contributed by atoms with Gasteiger partial charge in [-0.25, -0.2) is 0 Å². The lowest BCUT2D eigenvalue weighted by molar-refractivity contribution is -0.119. The summed E-state index contributed by atoms with van der Waals surface area (Å²) in [4.78, 5) is 20.0. The number of aryl methyl sites for hydroxylation is 1. The summed E-state index contributed by atoms with van der Waals surface area (Å²) in [6.45, 7) is 6.06. The molecule has 0 saturated carbocycles. The summed E-state index contributed by atoms with van der Waals surface area (Å²) in [7, 11) is 0. The summed E-state index contributed by atoms with van der Waals surface area (Å²) in [5, 5.41) is 0. The average molecular weight is 313 g/mol. The van der Waals surface area contributed by atoms with Gasteiger partial charge in [0.25, 0.3) is 0 Å². The SMILES string of the molecule is O=C(CN1CCCN2CCC[C@@H]2C1)N1CCCc2ccccc21. The molecule has 3 aliphatic heterocycles. The van der Waals surface area contributed by atoms with Gasteiger partial charge in [0.15, 0.2) is 0 Å². The van der Waals surface area contributed by atoms with Crippen molar-refractivity contribution in [2.45, 2.75) is 38.1 Å². The molecule has 1 amide bonds. The van der Waals surface area contributed by atoms with Gasteiger partial charge in [0.05, 0.1) is 6.54 Å². The molecule has 4 nitrogen and oxygen atoms in total. The second-order valence-corrected chi connectivity index (χ2v) is 7.20. The normalized spacial score (nSPS) is 25.7. The molecule has 124 valence electrons. The number of rotatable bonds is 2. The van der Waals surface area contributed by atoms with Gasteiger partial charge in [-0.3, -0.25) is 14.6 Å². The first-order valence-corrected chi connectivity index (χ1v) is 9.16. The van der Waals surface area contributed by atoms with E-state index in [2.05, 4.69) is 28.0 Å². The Hall–Kier alpha value is -1.39. The van der Waals surface area contributed by atoms with E-state index in [0.717, 1.165) is 38.2 Å². The predicted molar refractivity (Wildman–Crippen MR) is 92.8 cm³/mol. The molecule has 0 aromatic heterocycles. The maximum absolute atomic E-state index is 12.9. The minimum atomic E-state index is 0.281. The molecule has 0 N–H and O–H groups in total. The molecule has 1 aromatic carbocycles. The van der Waals surface area contributed by atoms with Crippen LogP contribution in [0.1, 0.15) is 31.2 Å². The van der Waals surface area contributed by atoms with Crippen molar-refractivity contribution in [1.29, 1.82) is 0 Å². The van der Waals surface area contributed by atoms with E-state index in [-0.39, 0.29) is 5.91 Å². The first kappa shape index (κ1) is 15.2. The molecule has 3 aliphatic rings. The fourth-order valence-electron chi connectivity index (χ4n) is 4.50. The van der Waals surface area contributed by atoms with Crippen LogP contribution in [-0.2, 0) is 11.2 Å². The summed E-state index contributed by atoms with van der Waals surface area (Å²) in [6, 6.07) is 9.08. The van der Waals surface area contributed by atoms with E-state index in [9.17, 15) is 4.79 Å². The van der Waals surface area contributed by atoms with Crippen molar-refractivity contribution < 1.29 is 4.79 Å². The van der Waals surface area contributed by atoms with Crippen LogP contribution in [-0.4, -0.2) is 61.0 Å². The second kappa shape index (κ2) is 6.62. The van der Waals surface area contributed by atoms with Gasteiger partial charge in [0.1, 0.15) is 0 Å². The number of para-hydroxylation sites is 1. The summed E-state index contributed by atoms with van der Waals surface area (Å²) in [5.41, 5.74) is 2.46. The zero-order chi connectivity index (χ0) is 15.6. The number of benzene rings is 1. The molecular weight excluding hydrogens is 286 g/mol. The quantitative estimate of drug-likeness (QED) is 0.837.